The summed E-state index contributed by atoms with van der Waals surface area (Å²) in [6.07, 6.45) is -3.32. The third kappa shape index (κ3) is 6.52. The molecule has 3 heterocycles. The number of methoxy groups -OCH3 is 3. The Bertz CT molecular complexity index is 2280. The number of alkyl halides is 3. The lowest BCUT2D eigenvalue weighted by Crippen LogP contribution is -2.21. The number of halogens is 3. The zero-order valence-electron chi connectivity index (χ0n) is 26.8. The van der Waals surface area contributed by atoms with E-state index in [-0.39, 0.29) is 17.2 Å². The molecule has 49 heavy (non-hydrogen) atoms. The van der Waals surface area contributed by atoms with Crippen LogP contribution in [0, 0.1) is 0 Å². The average Bonchev–Trinajstić information content (AvgIpc) is 3.40. The first-order chi connectivity index (χ1) is 23.2. The maximum atomic E-state index is 13.7. The Hall–Kier alpha value is -5.83. The van der Waals surface area contributed by atoms with Gasteiger partial charge in [0.2, 0.25) is 0 Å². The van der Waals surface area contributed by atoms with Gasteiger partial charge in [-0.25, -0.2) is 9.59 Å². The quantitative estimate of drug-likeness (QED) is 0.161. The highest BCUT2D eigenvalue weighted by Crippen LogP contribution is 2.46. The minimum atomic E-state index is -5.08. The molecule has 0 unspecified atom stereocenters. The van der Waals surface area contributed by atoms with E-state index in [9.17, 15) is 28.2 Å². The second-order valence-corrected chi connectivity index (χ2v) is 11.0. The molecule has 0 saturated heterocycles. The second-order valence-electron chi connectivity index (χ2n) is 11.0. The van der Waals surface area contributed by atoms with Crippen LogP contribution in [0.3, 0.4) is 0 Å². The van der Waals surface area contributed by atoms with Crippen LogP contribution in [0.1, 0.15) is 0 Å². The number of ether oxygens (including phenoxy) is 4. The lowest BCUT2D eigenvalue weighted by atomic mass is 9.98. The van der Waals surface area contributed by atoms with Gasteiger partial charge in [-0.05, 0) is 61.4 Å². The average molecular weight is 685 g/mol. The zero-order valence-corrected chi connectivity index (χ0v) is 26.8. The molecule has 3 aromatic heterocycles. The van der Waals surface area contributed by atoms with Gasteiger partial charge < -0.3 is 48.0 Å². The van der Waals surface area contributed by atoms with Crippen molar-refractivity contribution < 1.29 is 56.6 Å². The van der Waals surface area contributed by atoms with Crippen molar-refractivity contribution in [3.05, 3.63) is 65.1 Å². The van der Waals surface area contributed by atoms with E-state index < -0.39 is 17.8 Å². The second kappa shape index (κ2) is 13.4. The molecule has 3 N–H and O–H groups in total. The van der Waals surface area contributed by atoms with E-state index in [1.54, 1.807) is 54.1 Å². The van der Waals surface area contributed by atoms with Crippen LogP contribution in [0.4, 0.5) is 13.2 Å². The Morgan fingerprint density at radius 1 is 0.857 bits per heavy atom. The Morgan fingerprint density at radius 3 is 2.08 bits per heavy atom. The number of carbonyl (C=O) groups is 1. The first-order valence-corrected chi connectivity index (χ1v) is 14.5. The van der Waals surface area contributed by atoms with Gasteiger partial charge in [0.05, 0.1) is 26.8 Å². The first kappa shape index (κ1) is 34.5. The van der Waals surface area contributed by atoms with Gasteiger partial charge in [0.15, 0.2) is 34.5 Å². The van der Waals surface area contributed by atoms with Gasteiger partial charge in [-0.1, -0.05) is 6.07 Å². The van der Waals surface area contributed by atoms with Crippen molar-refractivity contribution >= 4 is 44.1 Å². The maximum Gasteiger partial charge on any atom is 0.490 e. The summed E-state index contributed by atoms with van der Waals surface area (Å²) in [6, 6.07) is 13.7. The van der Waals surface area contributed by atoms with E-state index in [4.69, 9.17) is 33.3 Å². The number of benzene rings is 3. The zero-order chi connectivity index (χ0) is 35.8. The molecule has 6 rings (SSSR count). The molecule has 0 amide bonds. The normalized spacial score (nSPS) is 11.6. The van der Waals surface area contributed by atoms with E-state index in [1.165, 1.54) is 14.2 Å². The molecule has 0 atom stereocenters. The number of nitrogens with zero attached hydrogens (tertiary/aromatic N) is 2. The van der Waals surface area contributed by atoms with Gasteiger partial charge in [0, 0.05) is 40.5 Å². The molecule has 0 aliphatic carbocycles. The third-order valence-corrected chi connectivity index (χ3v) is 7.65. The topological polar surface area (TPSA) is 153 Å². The maximum absolute atomic E-state index is 13.7. The summed E-state index contributed by atoms with van der Waals surface area (Å²) in [7, 11) is 8.42. The molecule has 0 fully saturated rings. The van der Waals surface area contributed by atoms with E-state index in [0.29, 0.717) is 68.9 Å². The van der Waals surface area contributed by atoms with Crippen molar-refractivity contribution in [1.82, 2.24) is 9.30 Å². The van der Waals surface area contributed by atoms with Crippen molar-refractivity contribution in [1.29, 1.82) is 0 Å². The number of rotatable bonds is 8. The van der Waals surface area contributed by atoms with Crippen molar-refractivity contribution in [2.24, 2.45) is 0 Å². The molecule has 0 saturated carbocycles. The van der Waals surface area contributed by atoms with Crippen molar-refractivity contribution in [3.63, 3.8) is 0 Å². The SMILES string of the molecule is COc1ccc(-c2c3c4cc(OC)c(OCCN(C)C)cc4oc(=O)c3n3ccc4cc(O)c(OC)cc4c23)cc1O.O=C(O)C(F)(F)F. The Kier molecular flexibility index (Phi) is 9.40. The fourth-order valence-electron chi connectivity index (χ4n) is 5.42. The number of phenols is 2. The van der Waals surface area contributed by atoms with Crippen LogP contribution < -0.4 is 24.6 Å². The molecule has 258 valence electrons. The van der Waals surface area contributed by atoms with Gasteiger partial charge in [0.1, 0.15) is 17.7 Å². The molecule has 12 nitrogen and oxygen atoms in total. The Labute approximate surface area is 275 Å². The number of pyridine rings is 1. The number of carboxylic acid groups (broad SMARTS) is 1. The summed E-state index contributed by atoms with van der Waals surface area (Å²) in [6.45, 7) is 1.10. The molecule has 15 heteroatoms. The molecule has 6 aromatic rings. The molecule has 0 spiro atoms. The Balaban J connectivity index is 0.000000606. The number of hydrogen-bond donors (Lipinski definition) is 3. The number of likely N-dealkylation sites (N-methyl/N-ethyl adjacent to an activating group) is 1. The number of aromatic nitrogens is 1. The van der Waals surface area contributed by atoms with Gasteiger partial charge in [-0.2, -0.15) is 13.2 Å². The number of aliphatic carboxylic acids is 1. The van der Waals surface area contributed by atoms with Gasteiger partial charge in [-0.15, -0.1) is 0 Å². The number of aromatic hydroxyl groups is 2. The van der Waals surface area contributed by atoms with E-state index >= 15 is 0 Å². The van der Waals surface area contributed by atoms with Crippen LogP contribution in [-0.4, -0.2) is 85.3 Å². The molecule has 3 aromatic carbocycles. The summed E-state index contributed by atoms with van der Waals surface area (Å²) in [5.74, 6) is -1.30. The third-order valence-electron chi connectivity index (χ3n) is 7.65. The van der Waals surface area contributed by atoms with Crippen LogP contribution in [0.25, 0.3) is 49.3 Å². The fraction of sp³-hybridized carbons (Fsp3) is 0.235. The van der Waals surface area contributed by atoms with Crippen LogP contribution in [0.2, 0.25) is 0 Å². The van der Waals surface area contributed by atoms with E-state index in [0.717, 1.165) is 10.8 Å². The molecule has 0 bridgehead atoms. The number of fused-ring (bicyclic) bond motifs is 7. The minimum absolute atomic E-state index is 0.00870. The van der Waals surface area contributed by atoms with Crippen LogP contribution in [0.5, 0.6) is 34.5 Å². The van der Waals surface area contributed by atoms with Crippen molar-refractivity contribution in [3.8, 4) is 45.6 Å². The summed E-state index contributed by atoms with van der Waals surface area (Å²) in [5, 5.41) is 31.1. The lowest BCUT2D eigenvalue weighted by molar-refractivity contribution is -0.192. The fourth-order valence-corrected chi connectivity index (χ4v) is 5.42. The van der Waals surface area contributed by atoms with Crippen LogP contribution in [0.15, 0.2) is 63.9 Å². The molecular formula is C34H31F3N2O10. The lowest BCUT2D eigenvalue weighted by Gasteiger charge is -2.14. The van der Waals surface area contributed by atoms with E-state index in [2.05, 4.69) is 0 Å². The highest BCUT2D eigenvalue weighted by Gasteiger charge is 2.38. The number of hydrogen-bond acceptors (Lipinski definition) is 10. The van der Waals surface area contributed by atoms with Gasteiger partial charge in [-0.3, -0.25) is 0 Å². The standard InChI is InChI=1S/C32H30N2O8.C2HF3O2/c1-33(2)10-11-41-27-16-24-20(15-26(27)40-5)29-28(18-6-7-23(38-3)21(35)13-18)30-19-14-25(39-4)22(36)12-17(19)8-9-34(30)31(29)32(37)42-24;3-2(4,5)1(6)7/h6-9,12-16,35-36H,10-11H2,1-5H3;(H,6,7). The van der Waals surface area contributed by atoms with Crippen molar-refractivity contribution in [2.45, 2.75) is 6.18 Å². The Morgan fingerprint density at radius 2 is 1.49 bits per heavy atom. The molecule has 0 radical (unpaired) electrons. The van der Waals surface area contributed by atoms with Crippen molar-refractivity contribution in [2.75, 3.05) is 48.6 Å². The summed E-state index contributed by atoms with van der Waals surface area (Å²) < 4.78 is 61.8. The predicted molar refractivity (Wildman–Crippen MR) is 175 cm³/mol. The van der Waals surface area contributed by atoms with Crippen LogP contribution >= 0.6 is 0 Å². The monoisotopic (exact) mass is 684 g/mol. The predicted octanol–water partition coefficient (Wildman–Crippen LogP) is 6.03. The molecular weight excluding hydrogens is 653 g/mol. The summed E-state index contributed by atoms with van der Waals surface area (Å²) in [5.41, 5.74) is 2.05. The highest BCUT2D eigenvalue weighted by molar-refractivity contribution is 6.22. The first-order valence-electron chi connectivity index (χ1n) is 14.5. The van der Waals surface area contributed by atoms with Crippen LogP contribution in [-0.2, 0) is 4.79 Å². The minimum Gasteiger partial charge on any atom is -0.504 e. The molecule has 0 aliphatic heterocycles. The summed E-state index contributed by atoms with van der Waals surface area (Å²) >= 11 is 0. The van der Waals surface area contributed by atoms with Gasteiger partial charge in [0.25, 0.3) is 0 Å². The number of carboxylic acids is 1. The van der Waals surface area contributed by atoms with Gasteiger partial charge >= 0.3 is 17.8 Å². The van der Waals surface area contributed by atoms with E-state index in [1.807, 2.05) is 31.1 Å². The highest BCUT2D eigenvalue weighted by atomic mass is 19.4. The largest absolute Gasteiger partial charge is 0.504 e. The smallest absolute Gasteiger partial charge is 0.490 e. The summed E-state index contributed by atoms with van der Waals surface area (Å²) in [4.78, 5) is 24.6. The number of phenolic OH excluding ortho intramolecular Hbond substituents is 2. The molecule has 0 aliphatic rings.